The minimum Gasteiger partial charge on any atom is -0.358 e. The Morgan fingerprint density at radius 2 is 1.92 bits per heavy atom. The number of aliphatic imine (C=N–C) groups is 1. The molecule has 1 saturated heterocycles. The Morgan fingerprint density at radius 1 is 1.11 bits per heavy atom. The van der Waals surface area contributed by atoms with Gasteiger partial charge in [-0.15, -0.1) is 0 Å². The number of hydrogen-bond acceptors (Lipinski definition) is 7. The normalized spacial score (nSPS) is 20.6. The van der Waals surface area contributed by atoms with Gasteiger partial charge >= 0.3 is 6.18 Å². The number of carbonyl (C=O) groups excluding carboxylic acids is 1. The van der Waals surface area contributed by atoms with Crippen LogP contribution in [0.3, 0.4) is 0 Å². The Bertz CT molecular complexity index is 1310. The van der Waals surface area contributed by atoms with Crippen LogP contribution >= 0.6 is 0 Å². The third kappa shape index (κ3) is 4.58. The molecule has 36 heavy (non-hydrogen) atoms. The number of para-hydroxylation sites is 1. The average molecular weight is 496 g/mol. The largest absolute Gasteiger partial charge is 0.418 e. The van der Waals surface area contributed by atoms with Crippen molar-refractivity contribution in [3.63, 3.8) is 0 Å². The summed E-state index contributed by atoms with van der Waals surface area (Å²) in [6.07, 6.45) is -4.62. The van der Waals surface area contributed by atoms with Crippen LogP contribution in [-0.2, 0) is 15.7 Å². The molecule has 0 saturated carbocycles. The van der Waals surface area contributed by atoms with Crippen LogP contribution in [0.25, 0.3) is 5.57 Å². The number of fused-ring (bicyclic) bond motifs is 2. The molecule has 0 spiro atoms. The van der Waals surface area contributed by atoms with E-state index in [-0.39, 0.29) is 29.3 Å². The van der Waals surface area contributed by atoms with E-state index in [1.165, 1.54) is 12.1 Å². The van der Waals surface area contributed by atoms with Crippen molar-refractivity contribution in [2.24, 2.45) is 4.99 Å². The van der Waals surface area contributed by atoms with E-state index in [4.69, 9.17) is 4.74 Å². The predicted octanol–water partition coefficient (Wildman–Crippen LogP) is 3.03. The van der Waals surface area contributed by atoms with Gasteiger partial charge in [0.25, 0.3) is 5.91 Å². The lowest BCUT2D eigenvalue weighted by molar-refractivity contribution is -0.136. The molecule has 2 aromatic rings. The van der Waals surface area contributed by atoms with E-state index in [0.29, 0.717) is 29.1 Å². The van der Waals surface area contributed by atoms with E-state index in [0.717, 1.165) is 38.8 Å². The van der Waals surface area contributed by atoms with Crippen LogP contribution in [0.4, 0.5) is 24.5 Å². The van der Waals surface area contributed by atoms with Crippen LogP contribution in [-0.4, -0.2) is 62.6 Å². The van der Waals surface area contributed by atoms with Crippen LogP contribution in [0, 0.1) is 11.3 Å². The summed E-state index contributed by atoms with van der Waals surface area (Å²) in [5, 5.41) is 18.1. The van der Waals surface area contributed by atoms with Crippen molar-refractivity contribution in [3.05, 3.63) is 64.3 Å². The van der Waals surface area contributed by atoms with Crippen LogP contribution in [0.5, 0.6) is 0 Å². The number of benzene rings is 2. The first kappa shape index (κ1) is 24.0. The Hall–Kier alpha value is -3.72. The highest BCUT2D eigenvalue weighted by atomic mass is 19.4. The molecule has 11 heteroatoms. The molecule has 0 radical (unpaired) electrons. The number of nitrogens with one attached hydrogen (secondary N) is 3. The fourth-order valence-electron chi connectivity index (χ4n) is 4.57. The number of halogens is 3. The second-order valence-electron chi connectivity index (χ2n) is 8.56. The fourth-order valence-corrected chi connectivity index (χ4v) is 4.57. The Balaban J connectivity index is 1.48. The summed E-state index contributed by atoms with van der Waals surface area (Å²) in [5.74, 6) is -0.662. The number of piperazine rings is 1. The maximum Gasteiger partial charge on any atom is 0.418 e. The van der Waals surface area contributed by atoms with Gasteiger partial charge in [0, 0.05) is 49.5 Å². The number of anilines is 2. The van der Waals surface area contributed by atoms with Gasteiger partial charge in [0.15, 0.2) is 0 Å². The molecule has 5 rings (SSSR count). The second kappa shape index (κ2) is 9.73. The molecule has 2 aromatic carbocycles. The first-order chi connectivity index (χ1) is 17.4. The van der Waals surface area contributed by atoms with Crippen molar-refractivity contribution in [3.8, 4) is 6.07 Å². The van der Waals surface area contributed by atoms with Gasteiger partial charge in [0.2, 0.25) is 0 Å². The topological polar surface area (TPSA) is 102 Å². The molecule has 3 heterocycles. The van der Waals surface area contributed by atoms with E-state index < -0.39 is 17.6 Å². The summed E-state index contributed by atoms with van der Waals surface area (Å²) in [7, 11) is 0. The van der Waals surface area contributed by atoms with Gasteiger partial charge in [-0.1, -0.05) is 12.1 Å². The van der Waals surface area contributed by atoms with E-state index in [2.05, 4.69) is 31.9 Å². The molecule has 1 fully saturated rings. The third-order valence-electron chi connectivity index (χ3n) is 6.33. The zero-order valence-corrected chi connectivity index (χ0v) is 19.2. The fraction of sp³-hybridized carbons (Fsp3) is 0.320. The number of allylic oxidation sites excluding steroid dienone is 1. The standard InChI is InChI=1S/C25H23F3N6O2/c26-25(27,28)18-3-1-2-16-20(24(35)33-21(16)18)23-22(17-12-15(13-29)4-5-19(17)32-23)31-14-36-11-10-34-8-6-30-7-9-34/h1-5,12,30,32H,6-11,14H2,(H,33,35)/b23-20-,31-22+. The summed E-state index contributed by atoms with van der Waals surface area (Å²) in [6, 6.07) is 10.7. The van der Waals surface area contributed by atoms with Crippen LogP contribution < -0.4 is 16.0 Å². The molecule has 0 aliphatic carbocycles. The molecule has 0 bridgehead atoms. The molecule has 8 nitrogen and oxygen atoms in total. The maximum absolute atomic E-state index is 13.6. The molecule has 186 valence electrons. The van der Waals surface area contributed by atoms with Crippen molar-refractivity contribution in [1.82, 2.24) is 10.2 Å². The number of rotatable bonds is 5. The number of nitriles is 1. The summed E-state index contributed by atoms with van der Waals surface area (Å²) in [6.45, 7) is 4.95. The summed E-state index contributed by atoms with van der Waals surface area (Å²) < 4.78 is 46.4. The smallest absolute Gasteiger partial charge is 0.358 e. The van der Waals surface area contributed by atoms with Gasteiger partial charge in [-0.2, -0.15) is 18.4 Å². The molecule has 0 unspecified atom stereocenters. The molecule has 3 N–H and O–H groups in total. The van der Waals surface area contributed by atoms with Crippen molar-refractivity contribution in [1.29, 1.82) is 5.26 Å². The zero-order chi connectivity index (χ0) is 25.3. The Labute approximate surface area is 205 Å². The van der Waals surface area contributed by atoms with E-state index >= 15 is 0 Å². The van der Waals surface area contributed by atoms with Gasteiger partial charge in [0.05, 0.1) is 46.5 Å². The summed E-state index contributed by atoms with van der Waals surface area (Å²) >= 11 is 0. The van der Waals surface area contributed by atoms with Crippen LogP contribution in [0.2, 0.25) is 0 Å². The molecule has 3 aliphatic rings. The average Bonchev–Trinajstić information content (AvgIpc) is 3.39. The number of amides is 1. The van der Waals surface area contributed by atoms with Crippen molar-refractivity contribution < 1.29 is 22.7 Å². The lowest BCUT2D eigenvalue weighted by atomic mass is 9.99. The molecular formula is C25H23F3N6O2. The zero-order valence-electron chi connectivity index (χ0n) is 19.2. The molecule has 3 aliphatic heterocycles. The van der Waals surface area contributed by atoms with Crippen molar-refractivity contribution >= 4 is 28.6 Å². The Kier molecular flexibility index (Phi) is 6.49. The third-order valence-corrected chi connectivity index (χ3v) is 6.33. The number of nitrogens with zero attached hydrogens (tertiary/aromatic N) is 3. The highest BCUT2D eigenvalue weighted by Crippen LogP contribution is 2.44. The van der Waals surface area contributed by atoms with Crippen LogP contribution in [0.15, 0.2) is 47.1 Å². The number of carbonyl (C=O) groups is 1. The van der Waals surface area contributed by atoms with Crippen molar-refractivity contribution in [2.75, 3.05) is 56.7 Å². The number of alkyl halides is 3. The van der Waals surface area contributed by atoms with Gasteiger partial charge < -0.3 is 20.7 Å². The summed E-state index contributed by atoms with van der Waals surface area (Å²) in [4.78, 5) is 19.8. The van der Waals surface area contributed by atoms with E-state index in [9.17, 15) is 23.2 Å². The van der Waals surface area contributed by atoms with Gasteiger partial charge in [-0.3, -0.25) is 14.7 Å². The SMILES string of the molecule is N#Cc1ccc2c(c1)C(=N\COCCN1CCNCC1)/C(=C1/C(=O)Nc3c1cccc3C(F)(F)F)N2. The highest BCUT2D eigenvalue weighted by molar-refractivity contribution is 6.40. The highest BCUT2D eigenvalue weighted by Gasteiger charge is 2.41. The first-order valence-electron chi connectivity index (χ1n) is 11.5. The molecule has 1 amide bonds. The van der Waals surface area contributed by atoms with Gasteiger partial charge in [-0.05, 0) is 24.3 Å². The molecular weight excluding hydrogens is 473 g/mol. The molecule has 0 atom stereocenters. The number of hydrogen-bond donors (Lipinski definition) is 3. The number of ether oxygens (including phenoxy) is 1. The van der Waals surface area contributed by atoms with Gasteiger partial charge in [-0.25, -0.2) is 0 Å². The lowest BCUT2D eigenvalue weighted by Crippen LogP contribution is -2.44. The second-order valence-corrected chi connectivity index (χ2v) is 8.56. The maximum atomic E-state index is 13.6. The summed E-state index contributed by atoms with van der Waals surface area (Å²) in [5.41, 5.74) is 1.22. The minimum atomic E-state index is -4.62. The first-order valence-corrected chi connectivity index (χ1v) is 11.5. The minimum absolute atomic E-state index is 0.00677. The van der Waals surface area contributed by atoms with Gasteiger partial charge in [0.1, 0.15) is 6.73 Å². The predicted molar refractivity (Wildman–Crippen MR) is 128 cm³/mol. The van der Waals surface area contributed by atoms with Crippen LogP contribution in [0.1, 0.15) is 22.3 Å². The lowest BCUT2D eigenvalue weighted by Gasteiger charge is -2.26. The van der Waals surface area contributed by atoms with E-state index in [1.807, 2.05) is 0 Å². The molecule has 0 aromatic heterocycles. The van der Waals surface area contributed by atoms with E-state index in [1.54, 1.807) is 18.2 Å². The quantitative estimate of drug-likeness (QED) is 0.435. The van der Waals surface area contributed by atoms with Crippen molar-refractivity contribution in [2.45, 2.75) is 6.18 Å². The Morgan fingerprint density at radius 3 is 2.67 bits per heavy atom. The monoisotopic (exact) mass is 496 g/mol.